The highest BCUT2D eigenvalue weighted by atomic mass is 35.5. The first kappa shape index (κ1) is 20.2. The second-order valence-corrected chi connectivity index (χ2v) is 8.85. The zero-order valence-corrected chi connectivity index (χ0v) is 18.1. The maximum absolute atomic E-state index is 11.2. The second-order valence-electron chi connectivity index (χ2n) is 7.17. The van der Waals surface area contributed by atoms with Crippen LogP contribution in [0.4, 0.5) is 11.8 Å². The molecule has 1 aliphatic heterocycles. The number of aliphatic carboxylic acids is 1. The summed E-state index contributed by atoms with van der Waals surface area (Å²) >= 11 is 13.7. The molecule has 0 amide bonds. The van der Waals surface area contributed by atoms with Crippen LogP contribution in [0.25, 0.3) is 10.2 Å². The topological polar surface area (TPSA) is 78.4 Å². The lowest BCUT2D eigenvalue weighted by atomic mass is 9.97. The van der Waals surface area contributed by atoms with Crippen LogP contribution in [0.1, 0.15) is 24.0 Å². The molecule has 3 aromatic rings. The molecule has 0 spiro atoms. The lowest BCUT2D eigenvalue weighted by Gasteiger charge is -2.30. The van der Waals surface area contributed by atoms with E-state index in [1.54, 1.807) is 17.4 Å². The molecule has 3 heterocycles. The normalized spacial score (nSPS) is 15.1. The van der Waals surface area contributed by atoms with Gasteiger partial charge in [0.2, 0.25) is 5.95 Å². The van der Waals surface area contributed by atoms with Crippen molar-refractivity contribution in [1.82, 2.24) is 9.97 Å². The Bertz CT molecular complexity index is 1060. The first-order valence-electron chi connectivity index (χ1n) is 9.33. The minimum absolute atomic E-state index is 0.286. The van der Waals surface area contributed by atoms with E-state index >= 15 is 0 Å². The second kappa shape index (κ2) is 8.34. The summed E-state index contributed by atoms with van der Waals surface area (Å²) in [5.41, 5.74) is 2.13. The summed E-state index contributed by atoms with van der Waals surface area (Å²) in [6, 6.07) is 5.55. The van der Waals surface area contributed by atoms with Crippen LogP contribution in [0.3, 0.4) is 0 Å². The maximum Gasteiger partial charge on any atom is 0.306 e. The monoisotopic (exact) mass is 450 g/mol. The van der Waals surface area contributed by atoms with Crippen molar-refractivity contribution in [3.05, 3.63) is 44.8 Å². The van der Waals surface area contributed by atoms with Crippen LogP contribution in [0.5, 0.6) is 0 Å². The molecule has 29 heavy (non-hydrogen) atoms. The molecule has 0 atom stereocenters. The molecule has 0 saturated carbocycles. The number of anilines is 2. The van der Waals surface area contributed by atoms with Gasteiger partial charge in [-0.05, 0) is 48.4 Å². The number of benzene rings is 1. The van der Waals surface area contributed by atoms with E-state index in [1.165, 1.54) is 0 Å². The molecule has 0 aliphatic carbocycles. The Kier molecular flexibility index (Phi) is 5.81. The molecule has 2 N–H and O–H groups in total. The Balaban J connectivity index is 1.59. The van der Waals surface area contributed by atoms with Crippen LogP contribution in [-0.2, 0) is 11.3 Å². The first-order valence-corrected chi connectivity index (χ1v) is 11.0. The number of carbonyl (C=O) groups is 1. The van der Waals surface area contributed by atoms with E-state index in [0.29, 0.717) is 48.5 Å². The van der Waals surface area contributed by atoms with Crippen molar-refractivity contribution in [2.45, 2.75) is 26.3 Å². The summed E-state index contributed by atoms with van der Waals surface area (Å²) in [5.74, 6) is 0.403. The number of aromatic nitrogens is 2. The van der Waals surface area contributed by atoms with E-state index < -0.39 is 5.97 Å². The first-order chi connectivity index (χ1) is 13.9. The van der Waals surface area contributed by atoms with E-state index in [4.69, 9.17) is 33.2 Å². The lowest BCUT2D eigenvalue weighted by molar-refractivity contribution is -0.142. The molecular weight excluding hydrogens is 431 g/mol. The Hall–Kier alpha value is -2.09. The van der Waals surface area contributed by atoms with E-state index in [1.807, 2.05) is 19.1 Å². The Labute approximate surface area is 182 Å². The van der Waals surface area contributed by atoms with E-state index in [2.05, 4.69) is 15.6 Å². The van der Waals surface area contributed by atoms with Crippen LogP contribution >= 0.6 is 34.5 Å². The number of rotatable bonds is 5. The fourth-order valence-corrected chi connectivity index (χ4v) is 4.74. The lowest BCUT2D eigenvalue weighted by Crippen LogP contribution is -2.37. The third-order valence-electron chi connectivity index (χ3n) is 5.18. The van der Waals surface area contributed by atoms with Gasteiger partial charge in [0.1, 0.15) is 10.6 Å². The molecular formula is C20H20Cl2N4O2S. The summed E-state index contributed by atoms with van der Waals surface area (Å²) in [6.07, 6.45) is 1.21. The number of fused-ring (bicyclic) bond motifs is 1. The predicted molar refractivity (Wildman–Crippen MR) is 119 cm³/mol. The van der Waals surface area contributed by atoms with Gasteiger partial charge in [-0.1, -0.05) is 29.3 Å². The average molecular weight is 451 g/mol. The van der Waals surface area contributed by atoms with Crippen LogP contribution in [0.2, 0.25) is 10.0 Å². The van der Waals surface area contributed by atoms with Crippen molar-refractivity contribution in [1.29, 1.82) is 0 Å². The predicted octanol–water partition coefficient (Wildman–Crippen LogP) is 5.22. The quantitative estimate of drug-likeness (QED) is 0.554. The molecule has 9 heteroatoms. The summed E-state index contributed by atoms with van der Waals surface area (Å²) in [6.45, 7) is 3.88. The molecule has 1 aliphatic rings. The van der Waals surface area contributed by atoms with Crippen molar-refractivity contribution in [3.63, 3.8) is 0 Å². The highest BCUT2D eigenvalue weighted by Gasteiger charge is 2.26. The summed E-state index contributed by atoms with van der Waals surface area (Å²) in [5, 5.41) is 16.8. The number of nitrogens with one attached hydrogen (secondary N) is 1. The van der Waals surface area contributed by atoms with Crippen molar-refractivity contribution in [2.24, 2.45) is 5.92 Å². The van der Waals surface area contributed by atoms with Crippen LogP contribution in [0.15, 0.2) is 23.6 Å². The smallest absolute Gasteiger partial charge is 0.306 e. The summed E-state index contributed by atoms with van der Waals surface area (Å²) in [7, 11) is 0. The molecule has 2 aromatic heterocycles. The Morgan fingerprint density at radius 3 is 2.72 bits per heavy atom. The number of nitrogens with zero attached hydrogens (tertiary/aromatic N) is 3. The number of piperidine rings is 1. The van der Waals surface area contributed by atoms with Crippen molar-refractivity contribution in [2.75, 3.05) is 23.3 Å². The molecule has 1 fully saturated rings. The number of hydrogen-bond acceptors (Lipinski definition) is 6. The van der Waals surface area contributed by atoms with Gasteiger partial charge in [-0.3, -0.25) is 4.79 Å². The third kappa shape index (κ3) is 4.27. The fourth-order valence-electron chi connectivity index (χ4n) is 3.50. The summed E-state index contributed by atoms with van der Waals surface area (Å²) < 4.78 is 0. The number of hydrogen-bond donors (Lipinski definition) is 2. The molecule has 1 aromatic carbocycles. The van der Waals surface area contributed by atoms with Gasteiger partial charge in [0.25, 0.3) is 0 Å². The highest BCUT2D eigenvalue weighted by molar-refractivity contribution is 7.17. The standard InChI is InChI=1S/C20H20Cl2N4O2S/c1-11-10-29-18-16(11)17(23-9-12-2-3-14(21)15(22)8-12)24-20(25-18)26-6-4-13(5-7-26)19(27)28/h2-3,8,10,13H,4-7,9H2,1H3,(H,27,28)(H,23,24,25). The van der Waals surface area contributed by atoms with Gasteiger partial charge in [0, 0.05) is 19.6 Å². The average Bonchev–Trinajstić information content (AvgIpc) is 3.09. The van der Waals surface area contributed by atoms with Gasteiger partial charge in [-0.15, -0.1) is 11.3 Å². The zero-order valence-electron chi connectivity index (χ0n) is 15.8. The number of halogens is 2. The number of carboxylic acids is 1. The number of thiophene rings is 1. The summed E-state index contributed by atoms with van der Waals surface area (Å²) in [4.78, 5) is 23.7. The molecule has 6 nitrogen and oxygen atoms in total. The maximum atomic E-state index is 11.2. The van der Waals surface area contributed by atoms with Crippen LogP contribution < -0.4 is 10.2 Å². The molecule has 152 valence electrons. The minimum Gasteiger partial charge on any atom is -0.481 e. The van der Waals surface area contributed by atoms with Crippen molar-refractivity contribution in [3.8, 4) is 0 Å². The van der Waals surface area contributed by atoms with Gasteiger partial charge >= 0.3 is 5.97 Å². The van der Waals surface area contributed by atoms with Crippen molar-refractivity contribution < 1.29 is 9.90 Å². The third-order valence-corrected chi connectivity index (χ3v) is 6.91. The van der Waals surface area contributed by atoms with Gasteiger partial charge < -0.3 is 15.3 Å². The number of carboxylic acid groups (broad SMARTS) is 1. The largest absolute Gasteiger partial charge is 0.481 e. The van der Waals surface area contributed by atoms with Crippen molar-refractivity contribution >= 4 is 62.5 Å². The van der Waals surface area contributed by atoms with Gasteiger partial charge in [0.05, 0.1) is 21.3 Å². The molecule has 0 unspecified atom stereocenters. The highest BCUT2D eigenvalue weighted by Crippen LogP contribution is 2.33. The molecule has 0 radical (unpaired) electrons. The molecule has 0 bridgehead atoms. The Morgan fingerprint density at radius 2 is 2.03 bits per heavy atom. The SMILES string of the molecule is Cc1csc2nc(N3CCC(C(=O)O)CC3)nc(NCc3ccc(Cl)c(Cl)c3)c12. The minimum atomic E-state index is -0.723. The zero-order chi connectivity index (χ0) is 20.5. The molecule has 4 rings (SSSR count). The number of aryl methyl sites for hydroxylation is 1. The van der Waals surface area contributed by atoms with Gasteiger partial charge in [0.15, 0.2) is 0 Å². The Morgan fingerprint density at radius 1 is 1.28 bits per heavy atom. The van der Waals surface area contributed by atoms with E-state index in [-0.39, 0.29) is 5.92 Å². The van der Waals surface area contributed by atoms with E-state index in [0.717, 1.165) is 27.2 Å². The van der Waals surface area contributed by atoms with Crippen LogP contribution in [-0.4, -0.2) is 34.1 Å². The van der Waals surface area contributed by atoms with E-state index in [9.17, 15) is 9.90 Å². The fraction of sp³-hybridized carbons (Fsp3) is 0.350. The van der Waals surface area contributed by atoms with Crippen LogP contribution in [0, 0.1) is 12.8 Å². The van der Waals surface area contributed by atoms with Gasteiger partial charge in [-0.2, -0.15) is 4.98 Å². The molecule has 1 saturated heterocycles. The van der Waals surface area contributed by atoms with Gasteiger partial charge in [-0.25, -0.2) is 4.98 Å².